The van der Waals surface area contributed by atoms with Gasteiger partial charge in [-0.1, -0.05) is 5.57 Å². The molecule has 6 nitrogen and oxygen atoms in total. The van der Waals surface area contributed by atoms with Gasteiger partial charge in [-0.15, -0.1) is 0 Å². The second-order valence-electron chi connectivity index (χ2n) is 6.20. The smallest absolute Gasteiger partial charge is 0.221 e. The van der Waals surface area contributed by atoms with Crippen molar-refractivity contribution in [1.29, 1.82) is 0 Å². The predicted molar refractivity (Wildman–Crippen MR) is 78.1 cm³/mol. The predicted octanol–water partition coefficient (Wildman–Crippen LogP) is 0.503. The number of carbonyl (C=O) groups is 3. The van der Waals surface area contributed by atoms with Crippen LogP contribution in [0.3, 0.4) is 0 Å². The first-order chi connectivity index (χ1) is 10.2. The first-order valence-electron chi connectivity index (χ1n) is 7.22. The van der Waals surface area contributed by atoms with Gasteiger partial charge in [0.25, 0.3) is 0 Å². The van der Waals surface area contributed by atoms with Crippen LogP contribution < -0.4 is 5.32 Å². The molecule has 3 aliphatic rings. The van der Waals surface area contributed by atoms with Crippen LogP contribution in [0, 0.1) is 17.8 Å². The minimum Gasteiger partial charge on any atom is -0.323 e. The van der Waals surface area contributed by atoms with Gasteiger partial charge in [-0.05, 0) is 19.8 Å². The minimum absolute atomic E-state index is 0.0121. The summed E-state index contributed by atoms with van der Waals surface area (Å²) in [4.78, 5) is 36.5. The fourth-order valence-electron chi connectivity index (χ4n) is 3.95. The van der Waals surface area contributed by atoms with Crippen LogP contribution in [0.25, 0.3) is 0 Å². The number of rotatable bonds is 1. The number of ketones is 2. The summed E-state index contributed by atoms with van der Waals surface area (Å²) < 4.78 is 24.4. The maximum absolute atomic E-state index is 12.6. The van der Waals surface area contributed by atoms with E-state index in [0.717, 1.165) is 0 Å². The molecule has 0 aromatic carbocycles. The van der Waals surface area contributed by atoms with Gasteiger partial charge in [0.2, 0.25) is 5.91 Å². The fourth-order valence-corrected chi connectivity index (χ4v) is 6.07. The van der Waals surface area contributed by atoms with Gasteiger partial charge in [-0.2, -0.15) is 0 Å². The minimum atomic E-state index is -3.32. The average molecular weight is 323 g/mol. The van der Waals surface area contributed by atoms with Gasteiger partial charge in [0.1, 0.15) is 0 Å². The van der Waals surface area contributed by atoms with Crippen LogP contribution in [0.15, 0.2) is 22.3 Å². The lowest BCUT2D eigenvalue weighted by atomic mass is 9.66. The molecule has 0 spiro atoms. The van der Waals surface area contributed by atoms with E-state index in [4.69, 9.17) is 0 Å². The lowest BCUT2D eigenvalue weighted by Crippen LogP contribution is -2.45. The van der Waals surface area contributed by atoms with Gasteiger partial charge in [-0.25, -0.2) is 8.42 Å². The Morgan fingerprint density at radius 2 is 1.95 bits per heavy atom. The second kappa shape index (κ2) is 4.87. The van der Waals surface area contributed by atoms with Gasteiger partial charge >= 0.3 is 0 Å². The van der Waals surface area contributed by atoms with Crippen LogP contribution in [-0.2, 0) is 24.2 Å². The van der Waals surface area contributed by atoms with Crippen LogP contribution >= 0.6 is 0 Å². The van der Waals surface area contributed by atoms with E-state index in [1.165, 1.54) is 13.0 Å². The Morgan fingerprint density at radius 1 is 1.27 bits per heavy atom. The molecule has 7 heteroatoms. The summed E-state index contributed by atoms with van der Waals surface area (Å²) in [6.07, 6.45) is 1.85. The summed E-state index contributed by atoms with van der Waals surface area (Å²) in [5.74, 6) is -2.55. The zero-order valence-corrected chi connectivity index (χ0v) is 13.2. The molecule has 118 valence electrons. The van der Waals surface area contributed by atoms with Crippen LogP contribution in [0.5, 0.6) is 0 Å². The van der Waals surface area contributed by atoms with Gasteiger partial charge in [0.15, 0.2) is 21.4 Å². The quantitative estimate of drug-likeness (QED) is 0.758. The van der Waals surface area contributed by atoms with E-state index in [2.05, 4.69) is 5.32 Å². The van der Waals surface area contributed by atoms with E-state index >= 15 is 0 Å². The third-order valence-electron chi connectivity index (χ3n) is 4.71. The molecule has 0 radical (unpaired) electrons. The van der Waals surface area contributed by atoms with Crippen molar-refractivity contribution in [3.8, 4) is 0 Å². The molecular weight excluding hydrogens is 306 g/mol. The molecule has 22 heavy (non-hydrogen) atoms. The van der Waals surface area contributed by atoms with Gasteiger partial charge in [-0.3, -0.25) is 14.4 Å². The van der Waals surface area contributed by atoms with E-state index in [-0.39, 0.29) is 23.0 Å². The number of fused-ring (bicyclic) bond motifs is 3. The lowest BCUT2D eigenvalue weighted by Gasteiger charge is -2.37. The number of amides is 1. The molecule has 1 amide bonds. The molecular formula is C15H17NO5S. The van der Waals surface area contributed by atoms with Crippen molar-refractivity contribution in [2.24, 2.45) is 17.8 Å². The molecule has 2 aliphatic carbocycles. The van der Waals surface area contributed by atoms with Crippen molar-refractivity contribution in [2.75, 3.05) is 5.75 Å². The van der Waals surface area contributed by atoms with E-state index in [9.17, 15) is 22.8 Å². The molecule has 1 aliphatic heterocycles. The zero-order valence-electron chi connectivity index (χ0n) is 12.4. The maximum Gasteiger partial charge on any atom is 0.221 e. The van der Waals surface area contributed by atoms with Crippen LogP contribution in [0.1, 0.15) is 26.7 Å². The van der Waals surface area contributed by atoms with Crippen molar-refractivity contribution in [2.45, 2.75) is 26.7 Å². The normalized spacial score (nSPS) is 33.2. The highest BCUT2D eigenvalue weighted by Gasteiger charge is 2.52. The molecule has 1 saturated heterocycles. The summed E-state index contributed by atoms with van der Waals surface area (Å²) >= 11 is 0. The molecule has 0 unspecified atom stereocenters. The van der Waals surface area contributed by atoms with Crippen molar-refractivity contribution < 1.29 is 22.8 Å². The summed E-state index contributed by atoms with van der Waals surface area (Å²) in [5, 5.41) is 2.39. The summed E-state index contributed by atoms with van der Waals surface area (Å²) in [6, 6.07) is 0. The first-order valence-corrected chi connectivity index (χ1v) is 8.87. The molecule has 0 saturated carbocycles. The Labute approximate surface area is 128 Å². The molecule has 0 bridgehead atoms. The van der Waals surface area contributed by atoms with E-state index < -0.39 is 33.5 Å². The summed E-state index contributed by atoms with van der Waals surface area (Å²) in [6.45, 7) is 2.99. The standard InChI is InChI=1S/C15H17NO5S/c1-7-5-10-12(18)6-11(16-8(2)17)14(19)13(10)9-3-4-22(20,21)15(7)9/h6,9-10,13H,3-5H2,1-2H3,(H,16,17)/t9-,10+,13+/m0/s1. The number of hydrogen-bond acceptors (Lipinski definition) is 5. The number of sulfone groups is 1. The number of nitrogens with one attached hydrogen (secondary N) is 1. The van der Waals surface area contributed by atoms with E-state index in [1.807, 2.05) is 0 Å². The summed E-state index contributed by atoms with van der Waals surface area (Å²) in [5.41, 5.74) is 0.684. The number of Topliss-reactive ketones (excluding diaryl/α,β-unsaturated/α-hetero) is 1. The van der Waals surface area contributed by atoms with E-state index in [1.54, 1.807) is 6.92 Å². The molecule has 0 aromatic heterocycles. The highest BCUT2D eigenvalue weighted by atomic mass is 32.2. The lowest BCUT2D eigenvalue weighted by molar-refractivity contribution is -0.132. The van der Waals surface area contributed by atoms with Crippen LogP contribution in [-0.4, -0.2) is 31.6 Å². The van der Waals surface area contributed by atoms with Crippen molar-refractivity contribution in [3.63, 3.8) is 0 Å². The third-order valence-corrected chi connectivity index (χ3v) is 6.81. The monoisotopic (exact) mass is 323 g/mol. The van der Waals surface area contributed by atoms with E-state index in [0.29, 0.717) is 23.3 Å². The van der Waals surface area contributed by atoms with Crippen LogP contribution in [0.4, 0.5) is 0 Å². The first kappa shape index (κ1) is 15.1. The zero-order chi connectivity index (χ0) is 16.2. The average Bonchev–Trinajstić information content (AvgIpc) is 2.72. The highest BCUT2D eigenvalue weighted by Crippen LogP contribution is 2.49. The Hall–Kier alpha value is -1.76. The molecule has 3 atom stereocenters. The van der Waals surface area contributed by atoms with Crippen molar-refractivity contribution in [1.82, 2.24) is 5.32 Å². The second-order valence-corrected chi connectivity index (χ2v) is 8.28. The maximum atomic E-state index is 12.6. The largest absolute Gasteiger partial charge is 0.323 e. The van der Waals surface area contributed by atoms with Gasteiger partial charge in [0, 0.05) is 35.7 Å². The van der Waals surface area contributed by atoms with Crippen molar-refractivity contribution >= 4 is 27.3 Å². The highest BCUT2D eigenvalue weighted by molar-refractivity contribution is 7.95. The van der Waals surface area contributed by atoms with Crippen LogP contribution in [0.2, 0.25) is 0 Å². The number of carbonyl (C=O) groups excluding carboxylic acids is 3. The molecule has 1 heterocycles. The van der Waals surface area contributed by atoms with Gasteiger partial charge in [0.05, 0.1) is 11.4 Å². The topological polar surface area (TPSA) is 97.4 Å². The Bertz CT molecular complexity index is 759. The third kappa shape index (κ3) is 2.15. The molecule has 1 N–H and O–H groups in total. The molecule has 0 aromatic rings. The SMILES string of the molecule is CC(=O)NC1=CC(=O)[C@H]2CC(C)=C3[C@@H](CCS3(=O)=O)[C@H]2C1=O. The summed E-state index contributed by atoms with van der Waals surface area (Å²) in [7, 11) is -3.32. The number of allylic oxidation sites excluding steroid dienone is 4. The molecule has 3 rings (SSSR count). The van der Waals surface area contributed by atoms with Gasteiger partial charge < -0.3 is 5.32 Å². The number of hydrogen-bond donors (Lipinski definition) is 1. The Kier molecular flexibility index (Phi) is 3.36. The Morgan fingerprint density at radius 3 is 2.59 bits per heavy atom. The fraction of sp³-hybridized carbons (Fsp3) is 0.533. The Balaban J connectivity index is 2.06. The molecule has 1 fully saturated rings. The van der Waals surface area contributed by atoms with Crippen molar-refractivity contribution in [3.05, 3.63) is 22.3 Å².